The summed E-state index contributed by atoms with van der Waals surface area (Å²) in [6, 6.07) is 4.52. The van der Waals surface area contributed by atoms with Gasteiger partial charge in [-0.25, -0.2) is 4.98 Å². The number of hydrogen-bond acceptors (Lipinski definition) is 4. The Morgan fingerprint density at radius 3 is 2.72 bits per heavy atom. The van der Waals surface area contributed by atoms with E-state index in [1.807, 2.05) is 17.0 Å². The van der Waals surface area contributed by atoms with Crippen molar-refractivity contribution in [3.63, 3.8) is 0 Å². The van der Waals surface area contributed by atoms with Crippen molar-refractivity contribution in [2.24, 2.45) is 0 Å². The normalized spacial score (nSPS) is 16.1. The Morgan fingerprint density at radius 2 is 2.04 bits per heavy atom. The summed E-state index contributed by atoms with van der Waals surface area (Å²) in [5, 5.41) is 1.06. The fourth-order valence-electron chi connectivity index (χ4n) is 3.46. The van der Waals surface area contributed by atoms with Crippen LogP contribution in [0, 0.1) is 0 Å². The van der Waals surface area contributed by atoms with Crippen molar-refractivity contribution < 1.29 is 9.53 Å². The van der Waals surface area contributed by atoms with Crippen LogP contribution in [-0.4, -0.2) is 71.2 Å². The summed E-state index contributed by atoms with van der Waals surface area (Å²) in [5.41, 5.74) is 1.97. The van der Waals surface area contributed by atoms with Gasteiger partial charge in [0.2, 0.25) is 5.91 Å². The zero-order valence-corrected chi connectivity index (χ0v) is 15.4. The van der Waals surface area contributed by atoms with Gasteiger partial charge in [-0.15, -0.1) is 0 Å². The van der Waals surface area contributed by atoms with Gasteiger partial charge in [0.1, 0.15) is 5.65 Å². The van der Waals surface area contributed by atoms with E-state index in [0.29, 0.717) is 19.1 Å². The summed E-state index contributed by atoms with van der Waals surface area (Å²) >= 11 is 0. The third-order valence-corrected chi connectivity index (χ3v) is 4.99. The smallest absolute Gasteiger partial charge is 0.227 e. The maximum atomic E-state index is 12.8. The summed E-state index contributed by atoms with van der Waals surface area (Å²) < 4.78 is 7.26. The van der Waals surface area contributed by atoms with Gasteiger partial charge in [0.05, 0.1) is 13.0 Å². The molecule has 0 spiro atoms. The highest BCUT2D eigenvalue weighted by Crippen LogP contribution is 2.21. The lowest BCUT2D eigenvalue weighted by Gasteiger charge is -2.37. The zero-order chi connectivity index (χ0) is 17.8. The number of aromatic nitrogens is 2. The Labute approximate surface area is 149 Å². The van der Waals surface area contributed by atoms with Crippen LogP contribution in [0.4, 0.5) is 0 Å². The minimum absolute atomic E-state index is 0.207. The highest BCUT2D eigenvalue weighted by molar-refractivity contribution is 5.87. The van der Waals surface area contributed by atoms with E-state index in [1.165, 1.54) is 0 Å². The summed E-state index contributed by atoms with van der Waals surface area (Å²) in [6.07, 6.45) is 4.28. The molecule has 25 heavy (non-hydrogen) atoms. The van der Waals surface area contributed by atoms with Crippen LogP contribution in [0.25, 0.3) is 11.0 Å². The Bertz CT molecular complexity index is 717. The number of rotatable bonds is 6. The largest absolute Gasteiger partial charge is 0.383 e. The van der Waals surface area contributed by atoms with E-state index in [4.69, 9.17) is 4.74 Å². The molecule has 6 heteroatoms. The van der Waals surface area contributed by atoms with E-state index < -0.39 is 0 Å². The number of fused-ring (bicyclic) bond motifs is 1. The number of methoxy groups -OCH3 is 1. The van der Waals surface area contributed by atoms with Crippen LogP contribution in [0.15, 0.2) is 24.5 Å². The van der Waals surface area contributed by atoms with Gasteiger partial charge in [-0.05, 0) is 31.5 Å². The molecule has 0 aliphatic carbocycles. The molecule has 3 heterocycles. The minimum Gasteiger partial charge on any atom is -0.383 e. The maximum Gasteiger partial charge on any atom is 0.227 e. The van der Waals surface area contributed by atoms with E-state index in [0.717, 1.165) is 49.3 Å². The predicted molar refractivity (Wildman–Crippen MR) is 98.6 cm³/mol. The van der Waals surface area contributed by atoms with E-state index in [9.17, 15) is 4.79 Å². The SMILES string of the molecule is COCCn1cc(CC(=O)N2CCN(C(C)C)CC2)c2cccnc21. The molecule has 1 aliphatic rings. The molecule has 1 amide bonds. The van der Waals surface area contributed by atoms with Crippen molar-refractivity contribution in [1.82, 2.24) is 19.4 Å². The number of hydrogen-bond donors (Lipinski definition) is 0. The average molecular weight is 344 g/mol. The average Bonchev–Trinajstić information content (AvgIpc) is 2.98. The molecule has 1 saturated heterocycles. The first-order chi connectivity index (χ1) is 12.1. The summed E-state index contributed by atoms with van der Waals surface area (Å²) in [4.78, 5) is 21.7. The third kappa shape index (κ3) is 4.02. The topological polar surface area (TPSA) is 50.6 Å². The highest BCUT2D eigenvalue weighted by Gasteiger charge is 2.23. The molecule has 2 aromatic heterocycles. The number of carbonyl (C=O) groups is 1. The van der Waals surface area contributed by atoms with Gasteiger partial charge >= 0.3 is 0 Å². The lowest BCUT2D eigenvalue weighted by molar-refractivity contribution is -0.132. The standard InChI is InChI=1S/C19H28N4O2/c1-15(2)21-7-9-22(10-8-21)18(24)13-16-14-23(11-12-25-3)19-17(16)5-4-6-20-19/h4-6,14-15H,7-13H2,1-3H3. The van der Waals surface area contributed by atoms with Gasteiger partial charge in [-0.2, -0.15) is 0 Å². The molecule has 6 nitrogen and oxygen atoms in total. The Balaban J connectivity index is 1.71. The molecule has 0 bridgehead atoms. The second-order valence-corrected chi connectivity index (χ2v) is 6.90. The first-order valence-corrected chi connectivity index (χ1v) is 9.03. The molecule has 0 atom stereocenters. The fourth-order valence-corrected chi connectivity index (χ4v) is 3.46. The molecular weight excluding hydrogens is 316 g/mol. The van der Waals surface area contributed by atoms with Gasteiger partial charge < -0.3 is 14.2 Å². The van der Waals surface area contributed by atoms with E-state index in [2.05, 4.69) is 34.5 Å². The number of pyridine rings is 1. The summed E-state index contributed by atoms with van der Waals surface area (Å²) in [5.74, 6) is 0.207. The van der Waals surface area contributed by atoms with Crippen LogP contribution in [0.3, 0.4) is 0 Å². The number of carbonyl (C=O) groups excluding carboxylic acids is 1. The van der Waals surface area contributed by atoms with Crippen molar-refractivity contribution in [2.75, 3.05) is 39.9 Å². The van der Waals surface area contributed by atoms with Crippen molar-refractivity contribution in [1.29, 1.82) is 0 Å². The van der Waals surface area contributed by atoms with Gasteiger partial charge in [-0.1, -0.05) is 0 Å². The minimum atomic E-state index is 0.207. The van der Waals surface area contributed by atoms with Crippen molar-refractivity contribution >= 4 is 16.9 Å². The fraction of sp³-hybridized carbons (Fsp3) is 0.579. The van der Waals surface area contributed by atoms with Crippen molar-refractivity contribution in [3.8, 4) is 0 Å². The van der Waals surface area contributed by atoms with Crippen LogP contribution in [0.2, 0.25) is 0 Å². The van der Waals surface area contributed by atoms with E-state index >= 15 is 0 Å². The lowest BCUT2D eigenvalue weighted by Crippen LogP contribution is -2.51. The molecule has 3 rings (SSSR count). The van der Waals surface area contributed by atoms with E-state index in [1.54, 1.807) is 13.3 Å². The number of nitrogens with zero attached hydrogens (tertiary/aromatic N) is 4. The lowest BCUT2D eigenvalue weighted by atomic mass is 10.1. The molecule has 0 radical (unpaired) electrons. The number of amides is 1. The molecular formula is C19H28N4O2. The molecule has 1 fully saturated rings. The van der Waals surface area contributed by atoms with Crippen LogP contribution in [-0.2, 0) is 22.5 Å². The Hall–Kier alpha value is -1.92. The molecule has 136 valence electrons. The van der Waals surface area contributed by atoms with Crippen LogP contribution in [0.5, 0.6) is 0 Å². The molecule has 0 unspecified atom stereocenters. The van der Waals surface area contributed by atoms with Gasteiger partial charge in [0.25, 0.3) is 0 Å². The van der Waals surface area contributed by atoms with Crippen LogP contribution in [0.1, 0.15) is 19.4 Å². The Morgan fingerprint density at radius 1 is 1.28 bits per heavy atom. The Kier molecular flexibility index (Phi) is 5.71. The molecule has 0 saturated carbocycles. The first kappa shape index (κ1) is 17.9. The monoisotopic (exact) mass is 344 g/mol. The first-order valence-electron chi connectivity index (χ1n) is 9.03. The molecule has 0 N–H and O–H groups in total. The third-order valence-electron chi connectivity index (χ3n) is 4.99. The van der Waals surface area contributed by atoms with Crippen LogP contribution >= 0.6 is 0 Å². The maximum absolute atomic E-state index is 12.8. The van der Waals surface area contributed by atoms with Crippen molar-refractivity contribution in [2.45, 2.75) is 32.9 Å². The van der Waals surface area contributed by atoms with Crippen LogP contribution < -0.4 is 0 Å². The number of ether oxygens (including phenoxy) is 1. The van der Waals surface area contributed by atoms with Crippen molar-refractivity contribution in [3.05, 3.63) is 30.1 Å². The predicted octanol–water partition coefficient (Wildman–Crippen LogP) is 1.78. The molecule has 0 aromatic carbocycles. The highest BCUT2D eigenvalue weighted by atomic mass is 16.5. The van der Waals surface area contributed by atoms with Gasteiger partial charge in [0, 0.05) is 63.7 Å². The van der Waals surface area contributed by atoms with Gasteiger partial charge in [-0.3, -0.25) is 9.69 Å². The van der Waals surface area contributed by atoms with Gasteiger partial charge in [0.15, 0.2) is 0 Å². The summed E-state index contributed by atoms with van der Waals surface area (Å²) in [7, 11) is 1.69. The molecule has 1 aliphatic heterocycles. The summed E-state index contributed by atoms with van der Waals surface area (Å²) in [6.45, 7) is 9.34. The van der Waals surface area contributed by atoms with E-state index in [-0.39, 0.29) is 5.91 Å². The molecule has 2 aromatic rings. The second-order valence-electron chi connectivity index (χ2n) is 6.90. The second kappa shape index (κ2) is 7.97. The quantitative estimate of drug-likeness (QED) is 0.801. The zero-order valence-electron chi connectivity index (χ0n) is 15.4. The number of piperazine rings is 1.